The molecule has 0 amide bonds. The van der Waals surface area contributed by atoms with E-state index in [9.17, 15) is 0 Å². The maximum absolute atomic E-state index is 5.87. The third kappa shape index (κ3) is 5.58. The summed E-state index contributed by atoms with van der Waals surface area (Å²) in [5.41, 5.74) is 2.74. The fourth-order valence-electron chi connectivity index (χ4n) is 1.70. The molecule has 1 rings (SSSR count). The molecule has 94 valence electrons. The quantitative estimate of drug-likeness (QED) is 0.642. The van der Waals surface area contributed by atoms with Crippen molar-refractivity contribution in [2.45, 2.75) is 53.1 Å². The molecule has 0 aliphatic heterocycles. The van der Waals surface area contributed by atoms with Crippen LogP contribution in [0.25, 0.3) is 0 Å². The van der Waals surface area contributed by atoms with Gasteiger partial charge in [0.2, 0.25) is 0 Å². The second-order valence-electron chi connectivity index (χ2n) is 4.78. The largest absolute Gasteiger partial charge is 0.491 e. The molecule has 0 spiro atoms. The van der Waals surface area contributed by atoms with Gasteiger partial charge in [0.25, 0.3) is 0 Å². The number of rotatable bonds is 6. The Morgan fingerprint density at radius 2 is 1.88 bits per heavy atom. The van der Waals surface area contributed by atoms with E-state index in [0.717, 1.165) is 25.0 Å². The average Bonchev–Trinajstić information content (AvgIpc) is 2.29. The van der Waals surface area contributed by atoms with Gasteiger partial charge in [-0.1, -0.05) is 30.7 Å². The standard InChI is InChI=1S/C16H24O/c1-5-15-9-11-16(12-10-15)17-14(4)8-6-7-13(2)3/h7,9-12,14H,5-6,8H2,1-4H3. The first-order chi connectivity index (χ1) is 8.11. The molecule has 0 saturated heterocycles. The minimum atomic E-state index is 0.276. The van der Waals surface area contributed by atoms with Gasteiger partial charge in [-0.2, -0.15) is 0 Å². The summed E-state index contributed by atoms with van der Waals surface area (Å²) in [4.78, 5) is 0. The lowest BCUT2D eigenvalue weighted by Crippen LogP contribution is -2.11. The van der Waals surface area contributed by atoms with Crippen LogP contribution in [0.3, 0.4) is 0 Å². The number of aryl methyl sites for hydroxylation is 1. The van der Waals surface area contributed by atoms with Crippen LogP contribution in [0.5, 0.6) is 5.75 Å². The van der Waals surface area contributed by atoms with E-state index in [0.29, 0.717) is 0 Å². The Morgan fingerprint density at radius 1 is 1.24 bits per heavy atom. The van der Waals surface area contributed by atoms with Crippen LogP contribution < -0.4 is 4.74 Å². The van der Waals surface area contributed by atoms with E-state index >= 15 is 0 Å². The van der Waals surface area contributed by atoms with Crippen molar-refractivity contribution in [3.63, 3.8) is 0 Å². The molecule has 1 unspecified atom stereocenters. The second-order valence-corrected chi connectivity index (χ2v) is 4.78. The lowest BCUT2D eigenvalue weighted by atomic mass is 10.1. The Hall–Kier alpha value is -1.24. The molecule has 0 bridgehead atoms. The van der Waals surface area contributed by atoms with Crippen LogP contribution in [0.4, 0.5) is 0 Å². The van der Waals surface area contributed by atoms with Gasteiger partial charge in [-0.25, -0.2) is 0 Å². The first kappa shape index (κ1) is 13.8. The van der Waals surface area contributed by atoms with Gasteiger partial charge in [-0.3, -0.25) is 0 Å². The van der Waals surface area contributed by atoms with E-state index in [4.69, 9.17) is 4.74 Å². The number of benzene rings is 1. The maximum Gasteiger partial charge on any atom is 0.119 e. The first-order valence-corrected chi connectivity index (χ1v) is 6.50. The molecular formula is C16H24O. The van der Waals surface area contributed by atoms with E-state index in [1.54, 1.807) is 0 Å². The molecule has 0 N–H and O–H groups in total. The molecule has 0 fully saturated rings. The zero-order chi connectivity index (χ0) is 12.7. The van der Waals surface area contributed by atoms with Crippen molar-refractivity contribution < 1.29 is 4.74 Å². The van der Waals surface area contributed by atoms with Gasteiger partial charge in [0, 0.05) is 0 Å². The van der Waals surface area contributed by atoms with Crippen LogP contribution >= 0.6 is 0 Å². The van der Waals surface area contributed by atoms with Crippen LogP contribution in [0.1, 0.15) is 46.1 Å². The molecule has 1 atom stereocenters. The fraction of sp³-hybridized carbons (Fsp3) is 0.500. The molecular weight excluding hydrogens is 208 g/mol. The highest BCUT2D eigenvalue weighted by molar-refractivity contribution is 5.27. The molecule has 1 nitrogen and oxygen atoms in total. The van der Waals surface area contributed by atoms with Gasteiger partial charge in [0.15, 0.2) is 0 Å². The van der Waals surface area contributed by atoms with Crippen molar-refractivity contribution in [1.82, 2.24) is 0 Å². The molecule has 17 heavy (non-hydrogen) atoms. The monoisotopic (exact) mass is 232 g/mol. The van der Waals surface area contributed by atoms with Crippen molar-refractivity contribution >= 4 is 0 Å². The molecule has 1 aromatic rings. The Labute approximate surface area is 106 Å². The van der Waals surface area contributed by atoms with E-state index in [-0.39, 0.29) is 6.10 Å². The summed E-state index contributed by atoms with van der Waals surface area (Å²) in [6.45, 7) is 8.56. The zero-order valence-corrected chi connectivity index (χ0v) is 11.5. The molecule has 0 heterocycles. The summed E-state index contributed by atoms with van der Waals surface area (Å²) in [7, 11) is 0. The summed E-state index contributed by atoms with van der Waals surface area (Å²) in [6, 6.07) is 8.41. The number of allylic oxidation sites excluding steroid dienone is 2. The number of ether oxygens (including phenoxy) is 1. The SMILES string of the molecule is CCc1ccc(OC(C)CCC=C(C)C)cc1. The van der Waals surface area contributed by atoms with Crippen LogP contribution in [0.2, 0.25) is 0 Å². The van der Waals surface area contributed by atoms with E-state index < -0.39 is 0 Å². The van der Waals surface area contributed by atoms with Gasteiger partial charge < -0.3 is 4.74 Å². The Kier molecular flexibility index (Phi) is 5.82. The molecule has 1 aromatic carbocycles. The Morgan fingerprint density at radius 3 is 2.41 bits per heavy atom. The van der Waals surface area contributed by atoms with Crippen LogP contribution in [-0.4, -0.2) is 6.10 Å². The highest BCUT2D eigenvalue weighted by atomic mass is 16.5. The minimum absolute atomic E-state index is 0.276. The lowest BCUT2D eigenvalue weighted by molar-refractivity contribution is 0.212. The first-order valence-electron chi connectivity index (χ1n) is 6.50. The fourth-order valence-corrected chi connectivity index (χ4v) is 1.70. The van der Waals surface area contributed by atoms with Gasteiger partial charge in [0.1, 0.15) is 5.75 Å². The molecule has 1 heteroatoms. The van der Waals surface area contributed by atoms with Crippen LogP contribution in [-0.2, 0) is 6.42 Å². The summed E-state index contributed by atoms with van der Waals surface area (Å²) >= 11 is 0. The minimum Gasteiger partial charge on any atom is -0.491 e. The van der Waals surface area contributed by atoms with Gasteiger partial charge in [-0.05, 0) is 57.7 Å². The van der Waals surface area contributed by atoms with E-state index in [2.05, 4.69) is 58.0 Å². The van der Waals surface area contributed by atoms with Crippen LogP contribution in [0.15, 0.2) is 35.9 Å². The smallest absolute Gasteiger partial charge is 0.119 e. The molecule has 0 aliphatic rings. The Balaban J connectivity index is 2.39. The van der Waals surface area contributed by atoms with E-state index in [1.807, 2.05) is 0 Å². The van der Waals surface area contributed by atoms with Crippen molar-refractivity contribution in [2.75, 3.05) is 0 Å². The molecule has 0 aromatic heterocycles. The summed E-state index contributed by atoms with van der Waals surface area (Å²) in [5, 5.41) is 0. The topological polar surface area (TPSA) is 9.23 Å². The van der Waals surface area contributed by atoms with Crippen molar-refractivity contribution in [3.8, 4) is 5.75 Å². The highest BCUT2D eigenvalue weighted by Crippen LogP contribution is 2.16. The van der Waals surface area contributed by atoms with Crippen molar-refractivity contribution in [3.05, 3.63) is 41.5 Å². The van der Waals surface area contributed by atoms with Gasteiger partial charge in [0.05, 0.1) is 6.10 Å². The van der Waals surface area contributed by atoms with Gasteiger partial charge >= 0.3 is 0 Å². The predicted molar refractivity (Wildman–Crippen MR) is 74.6 cm³/mol. The summed E-state index contributed by atoms with van der Waals surface area (Å²) in [6.07, 6.45) is 5.78. The van der Waals surface area contributed by atoms with Crippen molar-refractivity contribution in [2.24, 2.45) is 0 Å². The molecule has 0 saturated carbocycles. The molecule has 0 aliphatic carbocycles. The predicted octanol–water partition coefficient (Wildman–Crippen LogP) is 4.76. The normalized spacial score (nSPS) is 12.0. The third-order valence-corrected chi connectivity index (χ3v) is 2.79. The van der Waals surface area contributed by atoms with E-state index in [1.165, 1.54) is 11.1 Å². The van der Waals surface area contributed by atoms with Crippen LogP contribution in [0, 0.1) is 0 Å². The Bertz CT molecular complexity index is 344. The summed E-state index contributed by atoms with van der Waals surface area (Å²) < 4.78 is 5.87. The highest BCUT2D eigenvalue weighted by Gasteiger charge is 2.02. The maximum atomic E-state index is 5.87. The zero-order valence-electron chi connectivity index (χ0n) is 11.5. The molecule has 0 radical (unpaired) electrons. The van der Waals surface area contributed by atoms with Crippen molar-refractivity contribution in [1.29, 1.82) is 0 Å². The number of hydrogen-bond donors (Lipinski definition) is 0. The third-order valence-electron chi connectivity index (χ3n) is 2.79. The summed E-state index contributed by atoms with van der Waals surface area (Å²) in [5.74, 6) is 0.979. The number of hydrogen-bond acceptors (Lipinski definition) is 1. The average molecular weight is 232 g/mol. The second kappa shape index (κ2) is 7.16. The van der Waals surface area contributed by atoms with Gasteiger partial charge in [-0.15, -0.1) is 0 Å². The lowest BCUT2D eigenvalue weighted by Gasteiger charge is -2.14.